The average molecular weight is 311 g/mol. The van der Waals surface area contributed by atoms with Gasteiger partial charge in [0.05, 0.1) is 12.2 Å². The summed E-state index contributed by atoms with van der Waals surface area (Å²) in [5.74, 6) is -1.42. The van der Waals surface area contributed by atoms with Crippen molar-refractivity contribution < 1.29 is 13.6 Å². The van der Waals surface area contributed by atoms with Crippen molar-refractivity contribution in [3.8, 4) is 0 Å². The van der Waals surface area contributed by atoms with Crippen molar-refractivity contribution in [2.24, 2.45) is 0 Å². The second kappa shape index (κ2) is 6.54. The Morgan fingerprint density at radius 3 is 2.57 bits per heavy atom. The second-order valence-electron chi connectivity index (χ2n) is 4.49. The Bertz CT molecular complexity index is 677. The van der Waals surface area contributed by atoms with Crippen LogP contribution in [0.4, 0.5) is 20.2 Å². The van der Waals surface area contributed by atoms with Gasteiger partial charge in [0, 0.05) is 10.7 Å². The molecule has 0 radical (unpaired) electrons. The lowest BCUT2D eigenvalue weighted by Crippen LogP contribution is -2.22. The quantitative estimate of drug-likeness (QED) is 0.897. The van der Waals surface area contributed by atoms with E-state index in [1.54, 1.807) is 19.1 Å². The lowest BCUT2D eigenvalue weighted by atomic mass is 10.2. The van der Waals surface area contributed by atoms with Gasteiger partial charge < -0.3 is 10.6 Å². The first-order chi connectivity index (χ1) is 9.95. The maximum absolute atomic E-state index is 13.5. The van der Waals surface area contributed by atoms with Crippen molar-refractivity contribution in [1.29, 1.82) is 0 Å². The minimum atomic E-state index is -0.614. The number of nitrogens with one attached hydrogen (secondary N) is 2. The number of carbonyl (C=O) groups excluding carboxylic acids is 1. The molecule has 0 fully saturated rings. The molecule has 3 nitrogen and oxygen atoms in total. The number of hydrogen-bond acceptors (Lipinski definition) is 2. The lowest BCUT2D eigenvalue weighted by Gasteiger charge is -2.09. The molecule has 2 aromatic rings. The highest BCUT2D eigenvalue weighted by Gasteiger charge is 2.08. The number of rotatable bonds is 4. The van der Waals surface area contributed by atoms with Crippen molar-refractivity contribution in [2.75, 3.05) is 17.2 Å². The normalized spacial score (nSPS) is 10.3. The number of aryl methyl sites for hydroxylation is 1. The first kappa shape index (κ1) is 15.3. The van der Waals surface area contributed by atoms with Gasteiger partial charge in [-0.15, -0.1) is 0 Å². The van der Waals surface area contributed by atoms with Gasteiger partial charge in [-0.25, -0.2) is 8.78 Å². The van der Waals surface area contributed by atoms with E-state index in [0.29, 0.717) is 11.3 Å². The van der Waals surface area contributed by atoms with Gasteiger partial charge in [-0.3, -0.25) is 4.79 Å². The van der Waals surface area contributed by atoms with Gasteiger partial charge in [-0.05, 0) is 42.8 Å². The number of benzene rings is 2. The van der Waals surface area contributed by atoms with Crippen LogP contribution in [0, 0.1) is 18.6 Å². The van der Waals surface area contributed by atoms with E-state index in [4.69, 9.17) is 11.6 Å². The fourth-order valence-electron chi connectivity index (χ4n) is 1.67. The van der Waals surface area contributed by atoms with E-state index in [1.807, 2.05) is 0 Å². The number of anilines is 2. The predicted octanol–water partition coefficient (Wildman–Crippen LogP) is 3.98. The molecule has 0 spiro atoms. The molecule has 0 aliphatic carbocycles. The Hall–Kier alpha value is -2.14. The lowest BCUT2D eigenvalue weighted by molar-refractivity contribution is -0.114. The van der Waals surface area contributed by atoms with E-state index < -0.39 is 11.7 Å². The molecule has 0 unspecified atom stereocenters. The molecule has 6 heteroatoms. The van der Waals surface area contributed by atoms with Gasteiger partial charge in [0.2, 0.25) is 5.91 Å². The third-order valence-corrected chi connectivity index (χ3v) is 3.07. The number of carbonyl (C=O) groups is 1. The highest BCUT2D eigenvalue weighted by molar-refractivity contribution is 6.30. The maximum atomic E-state index is 13.5. The Morgan fingerprint density at radius 1 is 1.14 bits per heavy atom. The molecule has 0 bridgehead atoms. The fourth-order valence-corrected chi connectivity index (χ4v) is 1.83. The van der Waals surface area contributed by atoms with Crippen LogP contribution in [0.1, 0.15) is 5.56 Å². The molecular formula is C15H13ClF2N2O. The summed E-state index contributed by atoms with van der Waals surface area (Å²) in [6, 6.07) is 8.53. The molecular weight excluding hydrogens is 298 g/mol. The van der Waals surface area contributed by atoms with Crippen LogP contribution in [-0.2, 0) is 4.79 Å². The molecule has 2 rings (SSSR count). The van der Waals surface area contributed by atoms with Gasteiger partial charge in [0.25, 0.3) is 0 Å². The molecule has 0 saturated carbocycles. The van der Waals surface area contributed by atoms with Crippen molar-refractivity contribution in [1.82, 2.24) is 0 Å². The van der Waals surface area contributed by atoms with Crippen LogP contribution in [0.25, 0.3) is 0 Å². The predicted molar refractivity (Wildman–Crippen MR) is 79.7 cm³/mol. The molecule has 2 N–H and O–H groups in total. The summed E-state index contributed by atoms with van der Waals surface area (Å²) >= 11 is 5.62. The standard InChI is InChI=1S/C15H13ClF2N2O/c1-9-2-4-11(7-12(9)17)19-8-15(21)20-14-5-3-10(16)6-13(14)18/h2-7,19H,8H2,1H3,(H,20,21). The Balaban J connectivity index is 1.94. The molecule has 0 aliphatic rings. The summed E-state index contributed by atoms with van der Waals surface area (Å²) in [4.78, 5) is 11.7. The molecule has 1 amide bonds. The molecule has 2 aromatic carbocycles. The van der Waals surface area contributed by atoms with Crippen LogP contribution in [0.5, 0.6) is 0 Å². The smallest absolute Gasteiger partial charge is 0.243 e. The van der Waals surface area contributed by atoms with Crippen LogP contribution in [-0.4, -0.2) is 12.5 Å². The van der Waals surface area contributed by atoms with Gasteiger partial charge in [0.1, 0.15) is 11.6 Å². The Labute approximate surface area is 125 Å². The maximum Gasteiger partial charge on any atom is 0.243 e. The Morgan fingerprint density at radius 2 is 1.90 bits per heavy atom. The summed E-state index contributed by atoms with van der Waals surface area (Å²) < 4.78 is 26.8. The SMILES string of the molecule is Cc1ccc(NCC(=O)Nc2ccc(Cl)cc2F)cc1F. The molecule has 0 heterocycles. The van der Waals surface area contributed by atoms with Gasteiger partial charge in [-0.2, -0.15) is 0 Å². The van der Waals surface area contributed by atoms with Crippen LogP contribution in [0.15, 0.2) is 36.4 Å². The summed E-state index contributed by atoms with van der Waals surface area (Å²) in [5.41, 5.74) is 1.04. The first-order valence-electron chi connectivity index (χ1n) is 6.20. The second-order valence-corrected chi connectivity index (χ2v) is 4.93. The van der Waals surface area contributed by atoms with Gasteiger partial charge in [0.15, 0.2) is 0 Å². The highest BCUT2D eigenvalue weighted by Crippen LogP contribution is 2.19. The van der Waals surface area contributed by atoms with E-state index >= 15 is 0 Å². The third kappa shape index (κ3) is 4.16. The Kier molecular flexibility index (Phi) is 4.75. The van der Waals surface area contributed by atoms with E-state index in [2.05, 4.69) is 10.6 Å². The van der Waals surface area contributed by atoms with Crippen LogP contribution in [0.3, 0.4) is 0 Å². The van der Waals surface area contributed by atoms with Crippen LogP contribution < -0.4 is 10.6 Å². The van der Waals surface area contributed by atoms with Crippen molar-refractivity contribution in [3.63, 3.8) is 0 Å². The zero-order valence-corrected chi connectivity index (χ0v) is 12.0. The minimum Gasteiger partial charge on any atom is -0.376 e. The molecule has 0 aromatic heterocycles. The van der Waals surface area contributed by atoms with Gasteiger partial charge >= 0.3 is 0 Å². The minimum absolute atomic E-state index is 0.0429. The van der Waals surface area contributed by atoms with E-state index in [9.17, 15) is 13.6 Å². The highest BCUT2D eigenvalue weighted by atomic mass is 35.5. The first-order valence-corrected chi connectivity index (χ1v) is 6.58. The fraction of sp³-hybridized carbons (Fsp3) is 0.133. The zero-order valence-electron chi connectivity index (χ0n) is 11.2. The number of amides is 1. The largest absolute Gasteiger partial charge is 0.376 e. The van der Waals surface area contributed by atoms with E-state index in [-0.39, 0.29) is 23.1 Å². The topological polar surface area (TPSA) is 41.1 Å². The van der Waals surface area contributed by atoms with Crippen molar-refractivity contribution in [2.45, 2.75) is 6.92 Å². The summed E-state index contributed by atoms with van der Waals surface area (Å²) in [6.07, 6.45) is 0. The zero-order chi connectivity index (χ0) is 15.4. The van der Waals surface area contributed by atoms with E-state index in [0.717, 1.165) is 6.07 Å². The number of hydrogen-bond donors (Lipinski definition) is 2. The average Bonchev–Trinajstić information content (AvgIpc) is 2.43. The summed E-state index contributed by atoms with van der Waals surface area (Å²) in [5, 5.41) is 5.42. The van der Waals surface area contributed by atoms with E-state index in [1.165, 1.54) is 18.2 Å². The monoisotopic (exact) mass is 310 g/mol. The number of halogens is 3. The van der Waals surface area contributed by atoms with Crippen LogP contribution in [0.2, 0.25) is 5.02 Å². The molecule has 110 valence electrons. The van der Waals surface area contributed by atoms with Crippen LogP contribution >= 0.6 is 11.6 Å². The van der Waals surface area contributed by atoms with Crippen molar-refractivity contribution >= 4 is 28.9 Å². The summed E-state index contributed by atoms with van der Waals surface area (Å²) in [6.45, 7) is 1.54. The van der Waals surface area contributed by atoms with Crippen molar-refractivity contribution in [3.05, 3.63) is 58.6 Å². The molecule has 0 saturated heterocycles. The molecule has 0 atom stereocenters. The van der Waals surface area contributed by atoms with Gasteiger partial charge in [-0.1, -0.05) is 17.7 Å². The summed E-state index contributed by atoms with van der Waals surface area (Å²) in [7, 11) is 0. The molecule has 0 aliphatic heterocycles. The molecule has 21 heavy (non-hydrogen) atoms. The third-order valence-electron chi connectivity index (χ3n) is 2.83.